The van der Waals surface area contributed by atoms with Gasteiger partial charge in [-0.25, -0.2) is 0 Å². The first-order valence-corrected chi connectivity index (χ1v) is 8.52. The largest absolute Gasteiger partial charge is 0.380 e. The van der Waals surface area contributed by atoms with Crippen LogP contribution in [0.25, 0.3) is 11.1 Å². The first-order valence-electron chi connectivity index (χ1n) is 7.64. The molecule has 0 saturated carbocycles. The highest BCUT2D eigenvalue weighted by molar-refractivity contribution is 7.10. The minimum atomic E-state index is 0.409. The van der Waals surface area contributed by atoms with E-state index in [0.29, 0.717) is 12.0 Å². The predicted octanol–water partition coefficient (Wildman–Crippen LogP) is 4.57. The number of rotatable bonds is 8. The molecule has 1 heterocycles. The van der Waals surface area contributed by atoms with Crippen LogP contribution in [0.4, 0.5) is 0 Å². The summed E-state index contributed by atoms with van der Waals surface area (Å²) in [6, 6.07) is 13.2. The van der Waals surface area contributed by atoms with Crippen molar-refractivity contribution in [1.82, 2.24) is 5.32 Å². The van der Waals surface area contributed by atoms with E-state index >= 15 is 0 Å². The van der Waals surface area contributed by atoms with Gasteiger partial charge in [0.25, 0.3) is 0 Å². The zero-order chi connectivity index (χ0) is 15.1. The van der Waals surface area contributed by atoms with Gasteiger partial charge >= 0.3 is 0 Å². The van der Waals surface area contributed by atoms with Crippen LogP contribution in [0.3, 0.4) is 0 Å². The smallest absolute Gasteiger partial charge is 0.0622 e. The van der Waals surface area contributed by atoms with Crippen molar-refractivity contribution in [1.29, 1.82) is 0 Å². The molecule has 2 rings (SSSR count). The second-order valence-electron chi connectivity index (χ2n) is 5.56. The van der Waals surface area contributed by atoms with Gasteiger partial charge in [-0.05, 0) is 35.4 Å². The van der Waals surface area contributed by atoms with Gasteiger partial charge in [0.1, 0.15) is 0 Å². The summed E-state index contributed by atoms with van der Waals surface area (Å²) in [7, 11) is 0. The molecule has 2 aromatic rings. The molecular formula is C18H25NOS. The number of ether oxygens (including phenoxy) is 1. The Morgan fingerprint density at radius 3 is 2.57 bits per heavy atom. The van der Waals surface area contributed by atoms with Crippen molar-refractivity contribution in [3.63, 3.8) is 0 Å². The van der Waals surface area contributed by atoms with Crippen molar-refractivity contribution < 1.29 is 4.74 Å². The number of thiophene rings is 1. The number of hydrogen-bond acceptors (Lipinski definition) is 3. The summed E-state index contributed by atoms with van der Waals surface area (Å²) >= 11 is 1.82. The summed E-state index contributed by atoms with van der Waals surface area (Å²) in [5.74, 6) is 0.574. The van der Waals surface area contributed by atoms with Crippen molar-refractivity contribution in [3.8, 4) is 11.1 Å². The molecule has 1 N–H and O–H groups in total. The highest BCUT2D eigenvalue weighted by Gasteiger charge is 2.13. The zero-order valence-corrected chi connectivity index (χ0v) is 14.0. The molecule has 1 unspecified atom stereocenters. The summed E-state index contributed by atoms with van der Waals surface area (Å²) in [5, 5.41) is 5.86. The van der Waals surface area contributed by atoms with Gasteiger partial charge in [0.15, 0.2) is 0 Å². The molecule has 0 aliphatic carbocycles. The van der Waals surface area contributed by atoms with Crippen molar-refractivity contribution in [2.24, 2.45) is 5.92 Å². The summed E-state index contributed by atoms with van der Waals surface area (Å²) in [4.78, 5) is 1.37. The minimum Gasteiger partial charge on any atom is -0.380 e. The molecule has 114 valence electrons. The van der Waals surface area contributed by atoms with Crippen molar-refractivity contribution in [2.45, 2.75) is 33.4 Å². The Morgan fingerprint density at radius 1 is 1.14 bits per heavy atom. The maximum absolute atomic E-state index is 5.56. The highest BCUT2D eigenvalue weighted by atomic mass is 32.1. The van der Waals surface area contributed by atoms with Crippen molar-refractivity contribution in [3.05, 3.63) is 46.7 Å². The molecule has 1 aromatic heterocycles. The number of nitrogens with one attached hydrogen (secondary N) is 1. The molecule has 1 aromatic carbocycles. The fraction of sp³-hybridized carbons (Fsp3) is 0.444. The molecule has 0 spiro atoms. The number of benzene rings is 1. The van der Waals surface area contributed by atoms with Crippen LogP contribution in [-0.2, 0) is 11.3 Å². The lowest BCUT2D eigenvalue weighted by Crippen LogP contribution is -2.37. The van der Waals surface area contributed by atoms with Crippen molar-refractivity contribution in [2.75, 3.05) is 13.2 Å². The Morgan fingerprint density at radius 2 is 1.90 bits per heavy atom. The second-order valence-corrected chi connectivity index (χ2v) is 6.55. The first kappa shape index (κ1) is 16.2. The van der Waals surface area contributed by atoms with Gasteiger partial charge < -0.3 is 10.1 Å². The summed E-state index contributed by atoms with van der Waals surface area (Å²) in [5.41, 5.74) is 2.60. The maximum Gasteiger partial charge on any atom is 0.0622 e. The van der Waals surface area contributed by atoms with Gasteiger partial charge in [-0.1, -0.05) is 44.2 Å². The van der Waals surface area contributed by atoms with E-state index in [-0.39, 0.29) is 0 Å². The van der Waals surface area contributed by atoms with Crippen LogP contribution in [-0.4, -0.2) is 19.3 Å². The summed E-state index contributed by atoms with van der Waals surface area (Å²) in [6.45, 7) is 8.99. The zero-order valence-electron chi connectivity index (χ0n) is 13.1. The van der Waals surface area contributed by atoms with E-state index in [0.717, 1.165) is 19.8 Å². The molecule has 0 bridgehead atoms. The standard InChI is InChI=1S/C18H25NOS/c1-4-20-12-18(14(2)3)19-11-17-10-16(13-21-17)15-8-6-5-7-9-15/h5-10,13-14,18-19H,4,11-12H2,1-3H3. The molecule has 0 amide bonds. The molecule has 2 nitrogen and oxygen atoms in total. The van der Waals surface area contributed by atoms with Crippen molar-refractivity contribution >= 4 is 11.3 Å². The predicted molar refractivity (Wildman–Crippen MR) is 91.7 cm³/mol. The Labute approximate surface area is 132 Å². The highest BCUT2D eigenvalue weighted by Crippen LogP contribution is 2.25. The Bertz CT molecular complexity index is 521. The minimum absolute atomic E-state index is 0.409. The third-order valence-electron chi connectivity index (χ3n) is 3.61. The van der Waals surface area contributed by atoms with E-state index in [9.17, 15) is 0 Å². The van der Waals surface area contributed by atoms with Crippen LogP contribution in [0.2, 0.25) is 0 Å². The topological polar surface area (TPSA) is 21.3 Å². The van der Waals surface area contributed by atoms with Crippen LogP contribution in [0.1, 0.15) is 25.6 Å². The molecule has 1 atom stereocenters. The van der Waals surface area contributed by atoms with Crippen LogP contribution in [0, 0.1) is 5.92 Å². The Hall–Kier alpha value is -1.16. The van der Waals surface area contributed by atoms with Gasteiger partial charge in [0.2, 0.25) is 0 Å². The second kappa shape index (κ2) is 8.32. The van der Waals surface area contributed by atoms with Gasteiger partial charge in [-0.2, -0.15) is 0 Å². The Balaban J connectivity index is 1.93. The summed E-state index contributed by atoms with van der Waals surface area (Å²) < 4.78 is 5.56. The van der Waals surface area contributed by atoms with E-state index in [1.807, 2.05) is 18.3 Å². The van der Waals surface area contributed by atoms with E-state index in [2.05, 4.69) is 60.9 Å². The Kier molecular flexibility index (Phi) is 6.43. The molecule has 0 fully saturated rings. The molecule has 0 aliphatic rings. The lowest BCUT2D eigenvalue weighted by molar-refractivity contribution is 0.108. The fourth-order valence-electron chi connectivity index (χ4n) is 2.22. The van der Waals surface area contributed by atoms with E-state index in [4.69, 9.17) is 4.74 Å². The lowest BCUT2D eigenvalue weighted by atomic mass is 10.1. The molecule has 0 aliphatic heterocycles. The SMILES string of the molecule is CCOCC(NCc1cc(-c2ccccc2)cs1)C(C)C. The average molecular weight is 303 g/mol. The van der Waals surface area contributed by atoms with Crippen LogP contribution < -0.4 is 5.32 Å². The lowest BCUT2D eigenvalue weighted by Gasteiger charge is -2.21. The monoisotopic (exact) mass is 303 g/mol. The third kappa shape index (κ3) is 4.95. The van der Waals surface area contributed by atoms with Crippen LogP contribution in [0.15, 0.2) is 41.8 Å². The molecule has 0 radical (unpaired) electrons. The van der Waals surface area contributed by atoms with Crippen LogP contribution in [0.5, 0.6) is 0 Å². The van der Waals surface area contributed by atoms with E-state index in [1.54, 1.807) is 0 Å². The first-order chi connectivity index (χ1) is 10.2. The fourth-order valence-corrected chi connectivity index (χ4v) is 3.06. The van der Waals surface area contributed by atoms with Gasteiger partial charge in [0.05, 0.1) is 6.61 Å². The normalized spacial score (nSPS) is 12.8. The molecule has 0 saturated heterocycles. The molecular weight excluding hydrogens is 278 g/mol. The number of hydrogen-bond donors (Lipinski definition) is 1. The third-order valence-corrected chi connectivity index (χ3v) is 4.54. The molecule has 21 heavy (non-hydrogen) atoms. The van der Waals surface area contributed by atoms with Crippen LogP contribution >= 0.6 is 11.3 Å². The quantitative estimate of drug-likeness (QED) is 0.771. The van der Waals surface area contributed by atoms with Gasteiger partial charge in [-0.15, -0.1) is 11.3 Å². The molecule has 3 heteroatoms. The average Bonchev–Trinajstić information content (AvgIpc) is 2.97. The van der Waals surface area contributed by atoms with Gasteiger partial charge in [-0.3, -0.25) is 0 Å². The summed E-state index contributed by atoms with van der Waals surface area (Å²) in [6.07, 6.45) is 0. The maximum atomic E-state index is 5.56. The van der Waals surface area contributed by atoms with E-state index in [1.165, 1.54) is 16.0 Å². The van der Waals surface area contributed by atoms with E-state index < -0.39 is 0 Å². The van der Waals surface area contributed by atoms with Gasteiger partial charge in [0, 0.05) is 24.1 Å².